The molecular formula is C17H23N3O4. The Hall–Kier alpha value is -2.54. The third-order valence-electron chi connectivity index (χ3n) is 3.33. The summed E-state index contributed by atoms with van der Waals surface area (Å²) < 4.78 is 9.94. The van der Waals surface area contributed by atoms with E-state index in [2.05, 4.69) is 15.8 Å². The molecule has 0 saturated carbocycles. The molecule has 7 nitrogen and oxygen atoms in total. The van der Waals surface area contributed by atoms with Gasteiger partial charge in [0.05, 0.1) is 7.11 Å². The van der Waals surface area contributed by atoms with Gasteiger partial charge in [0.2, 0.25) is 0 Å². The third-order valence-corrected chi connectivity index (χ3v) is 3.33. The average Bonchev–Trinajstić information content (AvgIpc) is 2.92. The number of amides is 1. The van der Waals surface area contributed by atoms with Crippen LogP contribution in [-0.2, 0) is 20.7 Å². The maximum atomic E-state index is 12.0. The molecule has 2 aromatic rings. The zero-order chi connectivity index (χ0) is 17.7. The number of nitrogens with one attached hydrogen (secondary N) is 3. The van der Waals surface area contributed by atoms with E-state index in [1.54, 1.807) is 20.8 Å². The van der Waals surface area contributed by atoms with Crippen LogP contribution in [0.25, 0.3) is 10.9 Å². The number of rotatable bonds is 5. The van der Waals surface area contributed by atoms with E-state index >= 15 is 0 Å². The van der Waals surface area contributed by atoms with E-state index in [0.717, 1.165) is 16.5 Å². The molecule has 0 aliphatic rings. The van der Waals surface area contributed by atoms with Crippen LogP contribution in [0.5, 0.6) is 0 Å². The van der Waals surface area contributed by atoms with E-state index < -0.39 is 23.7 Å². The van der Waals surface area contributed by atoms with Crippen molar-refractivity contribution >= 4 is 23.0 Å². The predicted molar refractivity (Wildman–Crippen MR) is 90.3 cm³/mol. The number of esters is 1. The number of para-hydroxylation sites is 1. The fourth-order valence-electron chi connectivity index (χ4n) is 2.31. The molecule has 0 bridgehead atoms. The van der Waals surface area contributed by atoms with Crippen LogP contribution >= 0.6 is 0 Å². The van der Waals surface area contributed by atoms with Gasteiger partial charge < -0.3 is 14.5 Å². The molecule has 2 rings (SSSR count). The van der Waals surface area contributed by atoms with Crippen LogP contribution < -0.4 is 10.9 Å². The first-order valence-electron chi connectivity index (χ1n) is 7.67. The first-order chi connectivity index (χ1) is 11.3. The third kappa shape index (κ3) is 4.73. The Morgan fingerprint density at radius 1 is 1.25 bits per heavy atom. The Morgan fingerprint density at radius 3 is 2.62 bits per heavy atom. The molecule has 0 saturated heterocycles. The highest BCUT2D eigenvalue weighted by Gasteiger charge is 2.23. The Bertz CT molecular complexity index is 718. The second-order valence-corrected chi connectivity index (χ2v) is 6.41. The van der Waals surface area contributed by atoms with E-state index in [-0.39, 0.29) is 0 Å². The van der Waals surface area contributed by atoms with Gasteiger partial charge in [0.1, 0.15) is 11.6 Å². The van der Waals surface area contributed by atoms with Crippen molar-refractivity contribution in [3.8, 4) is 0 Å². The lowest BCUT2D eigenvalue weighted by Gasteiger charge is -2.22. The summed E-state index contributed by atoms with van der Waals surface area (Å²) in [5.41, 5.74) is 6.38. The van der Waals surface area contributed by atoms with Crippen LogP contribution in [0, 0.1) is 0 Å². The minimum atomic E-state index is -0.735. The lowest BCUT2D eigenvalue weighted by Crippen LogP contribution is -2.50. The summed E-state index contributed by atoms with van der Waals surface area (Å²) in [5, 5.41) is 1.02. The van der Waals surface area contributed by atoms with Gasteiger partial charge in [-0.1, -0.05) is 18.2 Å². The second-order valence-electron chi connectivity index (χ2n) is 6.41. The van der Waals surface area contributed by atoms with Crippen molar-refractivity contribution in [1.29, 1.82) is 0 Å². The maximum absolute atomic E-state index is 12.0. The fourth-order valence-corrected chi connectivity index (χ4v) is 2.31. The van der Waals surface area contributed by atoms with Gasteiger partial charge >= 0.3 is 12.1 Å². The number of aromatic nitrogens is 1. The van der Waals surface area contributed by atoms with Gasteiger partial charge in [-0.2, -0.15) is 0 Å². The largest absolute Gasteiger partial charge is 0.468 e. The van der Waals surface area contributed by atoms with E-state index in [9.17, 15) is 9.59 Å². The predicted octanol–water partition coefficient (Wildman–Crippen LogP) is 2.28. The number of hydrogen-bond donors (Lipinski definition) is 3. The number of benzene rings is 1. The summed E-state index contributed by atoms with van der Waals surface area (Å²) >= 11 is 0. The van der Waals surface area contributed by atoms with E-state index in [4.69, 9.17) is 9.47 Å². The monoisotopic (exact) mass is 333 g/mol. The Balaban J connectivity index is 2.06. The molecule has 0 aliphatic carbocycles. The summed E-state index contributed by atoms with van der Waals surface area (Å²) in [5.74, 6) is -0.476. The molecule has 0 spiro atoms. The van der Waals surface area contributed by atoms with E-state index in [1.165, 1.54) is 7.11 Å². The first-order valence-corrected chi connectivity index (χ1v) is 7.67. The Kier molecular flexibility index (Phi) is 5.46. The molecule has 3 N–H and O–H groups in total. The summed E-state index contributed by atoms with van der Waals surface area (Å²) in [6.45, 7) is 5.28. The number of methoxy groups -OCH3 is 1. The molecule has 0 unspecified atom stereocenters. The molecular weight excluding hydrogens is 310 g/mol. The number of ether oxygens (including phenoxy) is 2. The molecule has 0 radical (unpaired) electrons. The maximum Gasteiger partial charge on any atom is 0.422 e. The van der Waals surface area contributed by atoms with Crippen molar-refractivity contribution in [1.82, 2.24) is 15.8 Å². The van der Waals surface area contributed by atoms with Gasteiger partial charge in [-0.05, 0) is 32.4 Å². The highest BCUT2D eigenvalue weighted by molar-refractivity contribution is 5.84. The standard InChI is InChI=1S/C17H23N3O4/c1-17(2,3)24-16(22)20-19-14(15(21)23-4)9-11-10-18-13-8-6-5-7-12(11)13/h5-8,10,14,18-19H,9H2,1-4H3,(H,20,22)/t14-/m0/s1. The van der Waals surface area contributed by atoms with Crippen molar-refractivity contribution in [2.45, 2.75) is 38.8 Å². The van der Waals surface area contributed by atoms with Crippen LogP contribution in [0.15, 0.2) is 30.5 Å². The van der Waals surface area contributed by atoms with Gasteiger partial charge in [-0.25, -0.2) is 10.2 Å². The van der Waals surface area contributed by atoms with Crippen LogP contribution in [0.3, 0.4) is 0 Å². The van der Waals surface area contributed by atoms with Crippen molar-refractivity contribution in [3.05, 3.63) is 36.0 Å². The van der Waals surface area contributed by atoms with Gasteiger partial charge in [-0.3, -0.25) is 10.2 Å². The van der Waals surface area contributed by atoms with Crippen LogP contribution in [0.2, 0.25) is 0 Å². The highest BCUT2D eigenvalue weighted by Crippen LogP contribution is 2.19. The number of hydrazine groups is 1. The van der Waals surface area contributed by atoms with Crippen molar-refractivity contribution < 1.29 is 19.1 Å². The van der Waals surface area contributed by atoms with Crippen molar-refractivity contribution in [2.24, 2.45) is 0 Å². The smallest absolute Gasteiger partial charge is 0.422 e. The van der Waals surface area contributed by atoms with Gasteiger partial charge in [0.25, 0.3) is 0 Å². The van der Waals surface area contributed by atoms with Gasteiger partial charge in [-0.15, -0.1) is 0 Å². The van der Waals surface area contributed by atoms with Crippen molar-refractivity contribution in [2.75, 3.05) is 7.11 Å². The minimum Gasteiger partial charge on any atom is -0.468 e. The number of fused-ring (bicyclic) bond motifs is 1. The summed E-state index contributed by atoms with van der Waals surface area (Å²) in [6, 6.07) is 7.05. The molecule has 1 aromatic heterocycles. The number of aromatic amines is 1. The van der Waals surface area contributed by atoms with Crippen molar-refractivity contribution in [3.63, 3.8) is 0 Å². The number of hydrogen-bond acceptors (Lipinski definition) is 5. The number of carbonyl (C=O) groups excluding carboxylic acids is 2. The molecule has 1 aromatic carbocycles. The molecule has 0 aliphatic heterocycles. The zero-order valence-corrected chi connectivity index (χ0v) is 14.3. The minimum absolute atomic E-state index is 0.354. The topological polar surface area (TPSA) is 92.5 Å². The van der Waals surface area contributed by atoms with Gasteiger partial charge in [0, 0.05) is 23.5 Å². The number of H-pyrrole nitrogens is 1. The van der Waals surface area contributed by atoms with Crippen LogP contribution in [0.1, 0.15) is 26.3 Å². The summed E-state index contributed by atoms with van der Waals surface area (Å²) in [4.78, 5) is 26.9. The average molecular weight is 333 g/mol. The molecule has 7 heteroatoms. The fraction of sp³-hybridized carbons (Fsp3) is 0.412. The quantitative estimate of drug-likeness (QED) is 0.577. The molecule has 0 fully saturated rings. The Labute approximate surface area is 140 Å². The Morgan fingerprint density at radius 2 is 1.96 bits per heavy atom. The molecule has 24 heavy (non-hydrogen) atoms. The zero-order valence-electron chi connectivity index (χ0n) is 14.3. The first kappa shape index (κ1) is 17.8. The van der Waals surface area contributed by atoms with E-state index in [0.29, 0.717) is 6.42 Å². The van der Waals surface area contributed by atoms with Crippen LogP contribution in [0.4, 0.5) is 4.79 Å². The van der Waals surface area contributed by atoms with Crippen LogP contribution in [-0.4, -0.2) is 35.8 Å². The molecule has 1 atom stereocenters. The normalized spacial score (nSPS) is 12.7. The second kappa shape index (κ2) is 7.35. The SMILES string of the molecule is COC(=O)[C@H](Cc1c[nH]c2ccccc12)NNC(=O)OC(C)(C)C. The number of carbonyl (C=O) groups is 2. The molecule has 130 valence electrons. The summed E-state index contributed by atoms with van der Waals surface area (Å²) in [7, 11) is 1.31. The van der Waals surface area contributed by atoms with Gasteiger partial charge in [0.15, 0.2) is 0 Å². The molecule has 1 heterocycles. The van der Waals surface area contributed by atoms with E-state index in [1.807, 2.05) is 30.5 Å². The lowest BCUT2D eigenvalue weighted by atomic mass is 10.1. The summed E-state index contributed by atoms with van der Waals surface area (Å²) in [6.07, 6.45) is 1.54. The molecule has 1 amide bonds. The highest BCUT2D eigenvalue weighted by atomic mass is 16.6. The lowest BCUT2D eigenvalue weighted by molar-refractivity contribution is -0.143.